The molecule has 6 nitrogen and oxygen atoms in total. The molecule has 2 rings (SSSR count). The SMILES string of the molecule is COC(=O)CCNC(=O)c1ccc(Cl)cc1N1CCCC1=O. The second-order valence-corrected chi connectivity index (χ2v) is 5.33. The Morgan fingerprint density at radius 1 is 1.41 bits per heavy atom. The van der Waals surface area contributed by atoms with Crippen molar-refractivity contribution in [1.82, 2.24) is 5.32 Å². The summed E-state index contributed by atoms with van der Waals surface area (Å²) in [7, 11) is 1.29. The van der Waals surface area contributed by atoms with Crippen LogP contribution in [0.5, 0.6) is 0 Å². The molecule has 1 aromatic carbocycles. The minimum atomic E-state index is -0.397. The van der Waals surface area contributed by atoms with Crippen LogP contribution in [0, 0.1) is 0 Å². The summed E-state index contributed by atoms with van der Waals surface area (Å²) >= 11 is 5.98. The van der Waals surface area contributed by atoms with Crippen molar-refractivity contribution in [1.29, 1.82) is 0 Å². The van der Waals surface area contributed by atoms with Gasteiger partial charge in [0.1, 0.15) is 0 Å². The minimum absolute atomic E-state index is 0.0223. The summed E-state index contributed by atoms with van der Waals surface area (Å²) in [6.45, 7) is 0.739. The highest BCUT2D eigenvalue weighted by molar-refractivity contribution is 6.31. The molecule has 1 saturated heterocycles. The maximum atomic E-state index is 12.3. The van der Waals surface area contributed by atoms with Crippen molar-refractivity contribution in [2.75, 3.05) is 25.1 Å². The van der Waals surface area contributed by atoms with E-state index in [1.807, 2.05) is 0 Å². The summed E-state index contributed by atoms with van der Waals surface area (Å²) in [5, 5.41) is 3.10. The van der Waals surface area contributed by atoms with E-state index in [9.17, 15) is 14.4 Å². The number of hydrogen-bond acceptors (Lipinski definition) is 4. The van der Waals surface area contributed by atoms with Gasteiger partial charge in [0.05, 0.1) is 24.8 Å². The summed E-state index contributed by atoms with van der Waals surface area (Å²) in [6.07, 6.45) is 1.32. The second kappa shape index (κ2) is 7.26. The van der Waals surface area contributed by atoms with Crippen molar-refractivity contribution in [2.45, 2.75) is 19.3 Å². The van der Waals surface area contributed by atoms with Crippen LogP contribution < -0.4 is 10.2 Å². The number of carbonyl (C=O) groups is 3. The number of esters is 1. The number of amides is 2. The fourth-order valence-electron chi connectivity index (χ4n) is 2.30. The van der Waals surface area contributed by atoms with E-state index >= 15 is 0 Å². The van der Waals surface area contributed by atoms with Crippen LogP contribution in [0.25, 0.3) is 0 Å². The molecular formula is C15H17ClN2O4. The number of methoxy groups -OCH3 is 1. The van der Waals surface area contributed by atoms with E-state index in [1.165, 1.54) is 7.11 Å². The summed E-state index contributed by atoms with van der Waals surface area (Å²) < 4.78 is 4.51. The molecule has 1 fully saturated rings. The molecule has 0 aliphatic carbocycles. The zero-order valence-corrected chi connectivity index (χ0v) is 13.0. The van der Waals surface area contributed by atoms with Crippen LogP contribution in [0.4, 0.5) is 5.69 Å². The van der Waals surface area contributed by atoms with Crippen molar-refractivity contribution in [3.05, 3.63) is 28.8 Å². The van der Waals surface area contributed by atoms with Crippen molar-refractivity contribution in [3.63, 3.8) is 0 Å². The van der Waals surface area contributed by atoms with Gasteiger partial charge in [-0.2, -0.15) is 0 Å². The van der Waals surface area contributed by atoms with Crippen LogP contribution in [0.1, 0.15) is 29.6 Å². The first kappa shape index (κ1) is 16.3. The highest BCUT2D eigenvalue weighted by Crippen LogP contribution is 2.28. The quantitative estimate of drug-likeness (QED) is 0.837. The maximum Gasteiger partial charge on any atom is 0.307 e. The normalized spacial score (nSPS) is 14.1. The van der Waals surface area contributed by atoms with Gasteiger partial charge in [-0.25, -0.2) is 0 Å². The van der Waals surface area contributed by atoms with Crippen molar-refractivity contribution >= 4 is 35.1 Å². The van der Waals surface area contributed by atoms with Gasteiger partial charge in [-0.15, -0.1) is 0 Å². The number of nitrogens with one attached hydrogen (secondary N) is 1. The monoisotopic (exact) mass is 324 g/mol. The molecule has 22 heavy (non-hydrogen) atoms. The molecule has 0 unspecified atom stereocenters. The molecule has 7 heteroatoms. The van der Waals surface area contributed by atoms with Crippen LogP contribution in [0.3, 0.4) is 0 Å². The molecule has 1 N–H and O–H groups in total. The predicted molar refractivity (Wildman–Crippen MR) is 82.0 cm³/mol. The Kier molecular flexibility index (Phi) is 5.38. The zero-order chi connectivity index (χ0) is 16.1. The molecule has 0 bridgehead atoms. The number of nitrogens with zero attached hydrogens (tertiary/aromatic N) is 1. The fourth-order valence-corrected chi connectivity index (χ4v) is 2.46. The van der Waals surface area contributed by atoms with Gasteiger partial charge in [0.25, 0.3) is 5.91 Å². The van der Waals surface area contributed by atoms with E-state index in [-0.39, 0.29) is 24.8 Å². The molecule has 0 radical (unpaired) electrons. The van der Waals surface area contributed by atoms with Crippen molar-refractivity contribution < 1.29 is 19.1 Å². The molecule has 0 atom stereocenters. The van der Waals surface area contributed by atoms with E-state index in [0.717, 1.165) is 6.42 Å². The number of benzene rings is 1. The van der Waals surface area contributed by atoms with E-state index in [1.54, 1.807) is 23.1 Å². The van der Waals surface area contributed by atoms with Gasteiger partial charge in [-0.1, -0.05) is 11.6 Å². The molecule has 0 saturated carbocycles. The van der Waals surface area contributed by atoms with Crippen LogP contribution in [0.2, 0.25) is 5.02 Å². The Morgan fingerprint density at radius 2 is 2.18 bits per heavy atom. The van der Waals surface area contributed by atoms with Gasteiger partial charge < -0.3 is 15.0 Å². The van der Waals surface area contributed by atoms with Gasteiger partial charge in [-0.05, 0) is 24.6 Å². The summed E-state index contributed by atoms with van der Waals surface area (Å²) in [4.78, 5) is 36.8. The van der Waals surface area contributed by atoms with E-state index in [0.29, 0.717) is 29.2 Å². The van der Waals surface area contributed by atoms with Gasteiger partial charge in [-0.3, -0.25) is 14.4 Å². The van der Waals surface area contributed by atoms with Gasteiger partial charge in [0.2, 0.25) is 5.91 Å². The predicted octanol–water partition coefficient (Wildman–Crippen LogP) is 1.76. The second-order valence-electron chi connectivity index (χ2n) is 4.89. The zero-order valence-electron chi connectivity index (χ0n) is 12.2. The van der Waals surface area contributed by atoms with Crippen LogP contribution in [0.15, 0.2) is 18.2 Å². The minimum Gasteiger partial charge on any atom is -0.469 e. The Balaban J connectivity index is 2.14. The van der Waals surface area contributed by atoms with Crippen LogP contribution in [-0.4, -0.2) is 38.0 Å². The number of ether oxygens (including phenoxy) is 1. The van der Waals surface area contributed by atoms with Crippen LogP contribution >= 0.6 is 11.6 Å². The van der Waals surface area contributed by atoms with E-state index in [4.69, 9.17) is 11.6 Å². The Hall–Kier alpha value is -2.08. The van der Waals surface area contributed by atoms with Gasteiger partial charge >= 0.3 is 5.97 Å². The summed E-state index contributed by atoms with van der Waals surface area (Å²) in [5.74, 6) is -0.771. The van der Waals surface area contributed by atoms with Gasteiger partial charge in [0, 0.05) is 24.5 Å². The molecular weight excluding hydrogens is 308 g/mol. The molecule has 0 aromatic heterocycles. The van der Waals surface area contributed by atoms with Gasteiger partial charge in [0.15, 0.2) is 0 Å². The van der Waals surface area contributed by atoms with E-state index < -0.39 is 5.97 Å². The molecule has 1 aliphatic rings. The lowest BCUT2D eigenvalue weighted by Gasteiger charge is -2.19. The molecule has 0 spiro atoms. The number of anilines is 1. The van der Waals surface area contributed by atoms with E-state index in [2.05, 4.69) is 10.1 Å². The molecule has 1 heterocycles. The average Bonchev–Trinajstić information content (AvgIpc) is 2.92. The fraction of sp³-hybridized carbons (Fsp3) is 0.400. The molecule has 1 aliphatic heterocycles. The number of hydrogen-bond donors (Lipinski definition) is 1. The number of carbonyl (C=O) groups excluding carboxylic acids is 3. The lowest BCUT2D eigenvalue weighted by atomic mass is 10.1. The molecule has 1 aromatic rings. The average molecular weight is 325 g/mol. The first-order valence-electron chi connectivity index (χ1n) is 6.98. The van der Waals surface area contributed by atoms with Crippen molar-refractivity contribution in [2.24, 2.45) is 0 Å². The Morgan fingerprint density at radius 3 is 2.82 bits per heavy atom. The van der Waals surface area contributed by atoms with Crippen molar-refractivity contribution in [3.8, 4) is 0 Å². The first-order valence-corrected chi connectivity index (χ1v) is 7.35. The molecule has 2 amide bonds. The highest BCUT2D eigenvalue weighted by atomic mass is 35.5. The standard InChI is InChI=1S/C15H17ClN2O4/c1-22-14(20)6-7-17-15(21)11-5-4-10(16)9-12(11)18-8-2-3-13(18)19/h4-5,9H,2-3,6-8H2,1H3,(H,17,21). The highest BCUT2D eigenvalue weighted by Gasteiger charge is 2.26. The Labute approximate surface area is 133 Å². The number of halogens is 1. The third-order valence-corrected chi connectivity index (χ3v) is 3.65. The summed E-state index contributed by atoms with van der Waals surface area (Å²) in [5.41, 5.74) is 0.870. The number of rotatable bonds is 5. The maximum absolute atomic E-state index is 12.3. The third-order valence-electron chi connectivity index (χ3n) is 3.41. The first-order chi connectivity index (χ1) is 10.5. The van der Waals surface area contributed by atoms with Crippen LogP contribution in [-0.2, 0) is 14.3 Å². The molecule has 118 valence electrons. The largest absolute Gasteiger partial charge is 0.469 e. The lowest BCUT2D eigenvalue weighted by molar-refractivity contribution is -0.140. The topological polar surface area (TPSA) is 75.7 Å². The Bertz CT molecular complexity index is 603. The third kappa shape index (κ3) is 3.76. The lowest BCUT2D eigenvalue weighted by Crippen LogP contribution is -2.30. The smallest absolute Gasteiger partial charge is 0.307 e. The summed E-state index contributed by atoms with van der Waals surface area (Å²) in [6, 6.07) is 4.79.